The van der Waals surface area contributed by atoms with Gasteiger partial charge < -0.3 is 25.1 Å². The first-order valence-corrected chi connectivity index (χ1v) is 12.6. The highest BCUT2D eigenvalue weighted by Gasteiger charge is 2.36. The van der Waals surface area contributed by atoms with Gasteiger partial charge in [-0.3, -0.25) is 9.59 Å². The van der Waals surface area contributed by atoms with E-state index < -0.39 is 0 Å². The Balaban J connectivity index is 1.51. The molecule has 0 aliphatic heterocycles. The Morgan fingerprint density at radius 2 is 2.08 bits per heavy atom. The van der Waals surface area contributed by atoms with E-state index in [1.54, 1.807) is 43.9 Å². The van der Waals surface area contributed by atoms with Crippen LogP contribution < -0.4 is 15.4 Å². The Labute approximate surface area is 224 Å². The van der Waals surface area contributed by atoms with Crippen molar-refractivity contribution in [2.24, 2.45) is 0 Å². The number of amides is 1. The number of halogens is 1. The van der Waals surface area contributed by atoms with E-state index in [4.69, 9.17) is 21.1 Å². The van der Waals surface area contributed by atoms with Gasteiger partial charge in [-0.1, -0.05) is 11.6 Å². The van der Waals surface area contributed by atoms with Crippen LogP contribution in [0.3, 0.4) is 0 Å². The number of aryl methyl sites for hydroxylation is 1. The standard InChI is InChI=1S/C28H28ClN5O4/c1-16-7-9-30-23(10-16)38-17-4-5-19(21(29)11-17)26(36)20-13-31-27-24(20)25(22(14-32-27)33-15-35)34-28(2)8-6-18(12-28)37-3/h4-5,7,9-11,13-15,18H,6,8,12H2,1-3H3,(H,33,35)(H2,31,32,34). The van der Waals surface area contributed by atoms with Crippen LogP contribution in [0.25, 0.3) is 11.0 Å². The van der Waals surface area contributed by atoms with E-state index in [2.05, 4.69) is 32.5 Å². The summed E-state index contributed by atoms with van der Waals surface area (Å²) in [5.41, 5.74) is 3.01. The number of ketones is 1. The van der Waals surface area contributed by atoms with Gasteiger partial charge in [-0.05, 0) is 56.9 Å². The zero-order chi connectivity index (χ0) is 26.9. The summed E-state index contributed by atoms with van der Waals surface area (Å²) in [6, 6.07) is 8.59. The van der Waals surface area contributed by atoms with Crippen LogP contribution in [0.1, 0.15) is 47.7 Å². The zero-order valence-electron chi connectivity index (χ0n) is 21.3. The first-order chi connectivity index (χ1) is 18.3. The molecule has 1 amide bonds. The summed E-state index contributed by atoms with van der Waals surface area (Å²) in [4.78, 5) is 36.9. The number of ether oxygens (including phenoxy) is 2. The molecule has 196 valence electrons. The van der Waals surface area contributed by atoms with Gasteiger partial charge in [0, 0.05) is 42.7 Å². The van der Waals surface area contributed by atoms with E-state index in [1.165, 1.54) is 0 Å². The Bertz CT molecular complexity index is 1520. The largest absolute Gasteiger partial charge is 0.439 e. The van der Waals surface area contributed by atoms with Gasteiger partial charge in [0.1, 0.15) is 11.4 Å². The Hall–Kier alpha value is -3.95. The number of pyridine rings is 2. The Kier molecular flexibility index (Phi) is 7.05. The van der Waals surface area contributed by atoms with E-state index >= 15 is 0 Å². The number of fused-ring (bicyclic) bond motifs is 1. The second-order valence-electron chi connectivity index (χ2n) is 9.77. The van der Waals surface area contributed by atoms with Crippen molar-refractivity contribution in [3.63, 3.8) is 0 Å². The maximum atomic E-state index is 13.8. The number of methoxy groups -OCH3 is 1. The Morgan fingerprint density at radius 1 is 1.24 bits per heavy atom. The number of carbonyl (C=O) groups excluding carboxylic acids is 2. The molecule has 1 aliphatic rings. The van der Waals surface area contributed by atoms with E-state index in [0.717, 1.165) is 24.8 Å². The molecule has 9 nitrogen and oxygen atoms in total. The van der Waals surface area contributed by atoms with Crippen LogP contribution in [-0.2, 0) is 9.53 Å². The SMILES string of the molecule is COC1CCC(C)(Nc2c(NC=O)cnc3[nH]cc(C(=O)c4ccc(Oc5cc(C)ccn5)cc4Cl)c23)C1. The van der Waals surface area contributed by atoms with Crippen LogP contribution in [0, 0.1) is 6.92 Å². The lowest BCUT2D eigenvalue weighted by Crippen LogP contribution is -2.33. The number of aromatic nitrogens is 3. The van der Waals surface area contributed by atoms with Crippen molar-refractivity contribution in [1.82, 2.24) is 15.0 Å². The monoisotopic (exact) mass is 533 g/mol. The van der Waals surface area contributed by atoms with E-state index in [-0.39, 0.29) is 22.4 Å². The molecule has 3 N–H and O–H groups in total. The third kappa shape index (κ3) is 5.07. The lowest BCUT2D eigenvalue weighted by atomic mass is 9.97. The molecule has 1 saturated carbocycles. The molecule has 2 atom stereocenters. The average Bonchev–Trinajstić information content (AvgIpc) is 3.49. The fraction of sp³-hybridized carbons (Fsp3) is 0.286. The van der Waals surface area contributed by atoms with Gasteiger partial charge in [-0.15, -0.1) is 0 Å². The summed E-state index contributed by atoms with van der Waals surface area (Å²) in [6.07, 6.45) is 8.12. The highest BCUT2D eigenvalue weighted by atomic mass is 35.5. The molecule has 38 heavy (non-hydrogen) atoms. The molecule has 0 bridgehead atoms. The molecule has 0 radical (unpaired) electrons. The smallest absolute Gasteiger partial charge is 0.219 e. The lowest BCUT2D eigenvalue weighted by molar-refractivity contribution is -0.105. The summed E-state index contributed by atoms with van der Waals surface area (Å²) in [5, 5.41) is 7.12. The van der Waals surface area contributed by atoms with E-state index in [1.807, 2.05) is 19.1 Å². The molecule has 3 aromatic heterocycles. The number of hydrogen-bond donors (Lipinski definition) is 3. The minimum Gasteiger partial charge on any atom is -0.439 e. The van der Waals surface area contributed by atoms with Crippen LogP contribution in [0.4, 0.5) is 11.4 Å². The quantitative estimate of drug-likeness (QED) is 0.181. The van der Waals surface area contributed by atoms with E-state index in [9.17, 15) is 9.59 Å². The van der Waals surface area contributed by atoms with Crippen LogP contribution in [0.15, 0.2) is 48.9 Å². The summed E-state index contributed by atoms with van der Waals surface area (Å²) >= 11 is 6.57. The Morgan fingerprint density at radius 3 is 2.79 bits per heavy atom. The van der Waals surface area contributed by atoms with Crippen molar-refractivity contribution in [3.05, 3.63) is 70.6 Å². The molecule has 1 aromatic carbocycles. The maximum absolute atomic E-state index is 13.8. The van der Waals surface area contributed by atoms with Crippen LogP contribution in [0.5, 0.6) is 11.6 Å². The molecular formula is C28H28ClN5O4. The third-order valence-corrected chi connectivity index (χ3v) is 7.23. The minimum absolute atomic E-state index is 0.133. The number of anilines is 2. The molecule has 3 heterocycles. The van der Waals surface area contributed by atoms with Crippen molar-refractivity contribution in [3.8, 4) is 11.6 Å². The van der Waals surface area contributed by atoms with Gasteiger partial charge >= 0.3 is 0 Å². The molecule has 2 unspecified atom stereocenters. The number of aromatic amines is 1. The first kappa shape index (κ1) is 25.7. The van der Waals surface area contributed by atoms with Crippen molar-refractivity contribution >= 4 is 46.2 Å². The number of rotatable bonds is 9. The summed E-state index contributed by atoms with van der Waals surface area (Å²) in [5.74, 6) is 0.609. The highest BCUT2D eigenvalue weighted by Crippen LogP contribution is 2.41. The second-order valence-corrected chi connectivity index (χ2v) is 10.2. The molecule has 5 rings (SSSR count). The topological polar surface area (TPSA) is 118 Å². The van der Waals surface area contributed by atoms with Gasteiger partial charge in [-0.25, -0.2) is 9.97 Å². The summed E-state index contributed by atoms with van der Waals surface area (Å²) < 4.78 is 11.4. The summed E-state index contributed by atoms with van der Waals surface area (Å²) in [7, 11) is 1.71. The van der Waals surface area contributed by atoms with Gasteiger partial charge in [0.05, 0.1) is 39.6 Å². The maximum Gasteiger partial charge on any atom is 0.219 e. The van der Waals surface area contributed by atoms with Crippen molar-refractivity contribution in [2.75, 3.05) is 17.7 Å². The molecule has 0 spiro atoms. The normalized spacial score (nSPS) is 18.9. The lowest BCUT2D eigenvalue weighted by Gasteiger charge is -2.29. The van der Waals surface area contributed by atoms with Crippen molar-refractivity contribution in [1.29, 1.82) is 0 Å². The fourth-order valence-corrected chi connectivity index (χ4v) is 5.21. The summed E-state index contributed by atoms with van der Waals surface area (Å²) in [6.45, 7) is 4.05. The number of carbonyl (C=O) groups is 2. The second kappa shape index (κ2) is 10.4. The molecule has 1 aliphatic carbocycles. The number of nitrogens with one attached hydrogen (secondary N) is 3. The predicted octanol–water partition coefficient (Wildman–Crippen LogP) is 5.88. The number of hydrogen-bond acceptors (Lipinski definition) is 7. The van der Waals surface area contributed by atoms with Crippen LogP contribution >= 0.6 is 11.6 Å². The van der Waals surface area contributed by atoms with Crippen LogP contribution in [-0.4, -0.2) is 45.9 Å². The first-order valence-electron chi connectivity index (χ1n) is 12.3. The van der Waals surface area contributed by atoms with Gasteiger partial charge in [0.25, 0.3) is 0 Å². The minimum atomic E-state index is -0.299. The van der Waals surface area contributed by atoms with Gasteiger partial charge in [0.2, 0.25) is 12.3 Å². The van der Waals surface area contributed by atoms with Crippen molar-refractivity contribution < 1.29 is 19.1 Å². The van der Waals surface area contributed by atoms with Crippen LogP contribution in [0.2, 0.25) is 5.02 Å². The van der Waals surface area contributed by atoms with Gasteiger partial charge in [-0.2, -0.15) is 0 Å². The predicted molar refractivity (Wildman–Crippen MR) is 146 cm³/mol. The third-order valence-electron chi connectivity index (χ3n) is 6.91. The molecule has 1 fully saturated rings. The van der Waals surface area contributed by atoms with Gasteiger partial charge in [0.15, 0.2) is 5.78 Å². The molecule has 0 saturated heterocycles. The zero-order valence-corrected chi connectivity index (χ0v) is 22.1. The number of nitrogens with zero attached hydrogens (tertiary/aromatic N) is 2. The highest BCUT2D eigenvalue weighted by molar-refractivity contribution is 6.36. The van der Waals surface area contributed by atoms with Crippen molar-refractivity contribution in [2.45, 2.75) is 44.8 Å². The van der Waals surface area contributed by atoms with E-state index in [0.29, 0.717) is 51.6 Å². The molecule has 4 aromatic rings. The fourth-order valence-electron chi connectivity index (χ4n) is 4.95. The number of benzene rings is 1. The average molecular weight is 534 g/mol. The molecular weight excluding hydrogens is 506 g/mol. The molecule has 10 heteroatoms. The number of H-pyrrole nitrogens is 1.